The molecule has 1 aliphatic carbocycles. The van der Waals surface area contributed by atoms with Crippen molar-refractivity contribution in [1.82, 2.24) is 15.2 Å². The number of carbonyl (C=O) groups excluding carboxylic acids is 1. The van der Waals surface area contributed by atoms with Crippen LogP contribution in [-0.2, 0) is 6.54 Å². The van der Waals surface area contributed by atoms with Gasteiger partial charge in [0.05, 0.1) is 18.2 Å². The van der Waals surface area contributed by atoms with Gasteiger partial charge in [0, 0.05) is 34.4 Å². The van der Waals surface area contributed by atoms with E-state index in [-0.39, 0.29) is 17.5 Å². The van der Waals surface area contributed by atoms with E-state index in [4.69, 9.17) is 4.42 Å². The zero-order chi connectivity index (χ0) is 24.6. The molecule has 0 aliphatic heterocycles. The van der Waals surface area contributed by atoms with Crippen LogP contribution >= 0.6 is 0 Å². The molecule has 0 spiro atoms. The minimum absolute atomic E-state index is 0.0181. The van der Waals surface area contributed by atoms with E-state index in [0.29, 0.717) is 24.3 Å². The van der Waals surface area contributed by atoms with E-state index in [1.54, 1.807) is 6.07 Å². The molecule has 5 rings (SSSR count). The molecule has 180 valence electrons. The Labute approximate surface area is 205 Å². The lowest BCUT2D eigenvalue weighted by Gasteiger charge is -2.43. The number of para-hydroxylation sites is 1. The standard InChI is InChI=1S/C29H32N4O2/c1-4-33(28(34)25-15-21-14-20(17-30)11-12-24(21)32-25)22-8-7-13-29(3,16-22)31-18-27-19(2)23-9-5-6-10-26(23)35-27/h5-6,9-12,14-15,22,31-32H,4,7-8,13,16,18H2,1-3H3/t22-,29?/m0/s1. The Morgan fingerprint density at radius 1 is 1.29 bits per heavy atom. The Bertz CT molecular complexity index is 1430. The van der Waals surface area contributed by atoms with E-state index in [1.165, 1.54) is 10.9 Å². The number of fused-ring (bicyclic) bond motifs is 2. The maximum absolute atomic E-state index is 13.5. The highest BCUT2D eigenvalue weighted by Crippen LogP contribution is 2.33. The van der Waals surface area contributed by atoms with Crippen molar-refractivity contribution in [2.24, 2.45) is 0 Å². The molecule has 2 atom stereocenters. The van der Waals surface area contributed by atoms with Crippen LogP contribution in [0.3, 0.4) is 0 Å². The highest BCUT2D eigenvalue weighted by atomic mass is 16.3. The summed E-state index contributed by atoms with van der Waals surface area (Å²) < 4.78 is 6.12. The van der Waals surface area contributed by atoms with Crippen molar-refractivity contribution >= 4 is 27.8 Å². The van der Waals surface area contributed by atoms with Gasteiger partial charge in [0.25, 0.3) is 5.91 Å². The molecule has 2 heterocycles. The van der Waals surface area contributed by atoms with E-state index >= 15 is 0 Å². The van der Waals surface area contributed by atoms with Crippen molar-refractivity contribution in [3.8, 4) is 6.07 Å². The molecular formula is C29H32N4O2. The number of benzene rings is 2. The molecule has 1 aliphatic rings. The molecule has 1 fully saturated rings. The third-order valence-corrected chi connectivity index (χ3v) is 7.59. The lowest BCUT2D eigenvalue weighted by molar-refractivity contribution is 0.0569. The Balaban J connectivity index is 1.31. The topological polar surface area (TPSA) is 85.1 Å². The van der Waals surface area contributed by atoms with Crippen LogP contribution in [0.15, 0.2) is 52.9 Å². The first kappa shape index (κ1) is 23.2. The number of aryl methyl sites for hydroxylation is 1. The Morgan fingerprint density at radius 2 is 2.11 bits per heavy atom. The molecule has 1 amide bonds. The van der Waals surface area contributed by atoms with Crippen molar-refractivity contribution in [1.29, 1.82) is 5.26 Å². The van der Waals surface area contributed by atoms with Gasteiger partial charge < -0.3 is 19.6 Å². The van der Waals surface area contributed by atoms with Crippen molar-refractivity contribution in [2.75, 3.05) is 6.54 Å². The van der Waals surface area contributed by atoms with Crippen LogP contribution in [0, 0.1) is 18.3 Å². The van der Waals surface area contributed by atoms with Gasteiger partial charge in [-0.2, -0.15) is 5.26 Å². The quantitative estimate of drug-likeness (QED) is 0.361. The predicted octanol–water partition coefficient (Wildman–Crippen LogP) is 6.05. The second-order valence-electron chi connectivity index (χ2n) is 10.00. The molecular weight excluding hydrogens is 436 g/mol. The third-order valence-electron chi connectivity index (χ3n) is 7.59. The summed E-state index contributed by atoms with van der Waals surface area (Å²) in [7, 11) is 0. The lowest BCUT2D eigenvalue weighted by atomic mass is 9.79. The predicted molar refractivity (Wildman–Crippen MR) is 138 cm³/mol. The van der Waals surface area contributed by atoms with Crippen LogP contribution < -0.4 is 5.32 Å². The number of carbonyl (C=O) groups is 1. The second kappa shape index (κ2) is 9.24. The van der Waals surface area contributed by atoms with Crippen LogP contribution in [0.2, 0.25) is 0 Å². The summed E-state index contributed by atoms with van der Waals surface area (Å²) in [4.78, 5) is 18.8. The van der Waals surface area contributed by atoms with E-state index in [2.05, 4.69) is 36.3 Å². The number of nitrogens with zero attached hydrogens (tertiary/aromatic N) is 2. The third kappa shape index (κ3) is 4.44. The summed E-state index contributed by atoms with van der Waals surface area (Å²) >= 11 is 0. The Morgan fingerprint density at radius 3 is 2.89 bits per heavy atom. The van der Waals surface area contributed by atoms with Gasteiger partial charge in [-0.25, -0.2) is 0 Å². The number of aromatic nitrogens is 1. The number of amides is 1. The van der Waals surface area contributed by atoms with E-state index in [1.807, 2.05) is 48.2 Å². The van der Waals surface area contributed by atoms with Crippen LogP contribution in [-0.4, -0.2) is 33.9 Å². The summed E-state index contributed by atoms with van der Waals surface area (Å²) in [6, 6.07) is 17.8. The first-order valence-electron chi connectivity index (χ1n) is 12.5. The molecule has 35 heavy (non-hydrogen) atoms. The molecule has 1 saturated carbocycles. The van der Waals surface area contributed by atoms with Gasteiger partial charge >= 0.3 is 0 Å². The number of hydrogen-bond donors (Lipinski definition) is 2. The molecule has 6 nitrogen and oxygen atoms in total. The van der Waals surface area contributed by atoms with Gasteiger partial charge in [0.1, 0.15) is 17.0 Å². The molecule has 6 heteroatoms. The fourth-order valence-electron chi connectivity index (χ4n) is 5.61. The maximum Gasteiger partial charge on any atom is 0.270 e. The largest absolute Gasteiger partial charge is 0.459 e. The first-order chi connectivity index (χ1) is 16.9. The van der Waals surface area contributed by atoms with Crippen LogP contribution in [0.4, 0.5) is 0 Å². The summed E-state index contributed by atoms with van der Waals surface area (Å²) in [6.07, 6.45) is 4.02. The minimum Gasteiger partial charge on any atom is -0.459 e. The maximum atomic E-state index is 13.5. The SMILES string of the molecule is CCN(C(=O)c1cc2cc(C#N)ccc2[nH]1)[C@H]1CCCC(C)(NCc2oc3ccccc3c2C)C1. The Kier molecular flexibility index (Phi) is 6.12. The number of aromatic amines is 1. The fraction of sp³-hybridized carbons (Fsp3) is 0.379. The average Bonchev–Trinajstić information content (AvgIpc) is 3.44. The Hall–Kier alpha value is -3.56. The molecule has 0 saturated heterocycles. The lowest BCUT2D eigenvalue weighted by Crippen LogP contribution is -2.52. The van der Waals surface area contributed by atoms with Crippen LogP contribution in [0.25, 0.3) is 21.9 Å². The first-order valence-corrected chi connectivity index (χ1v) is 12.5. The van der Waals surface area contributed by atoms with Gasteiger partial charge in [-0.05, 0) is 82.3 Å². The van der Waals surface area contributed by atoms with Gasteiger partial charge in [0.2, 0.25) is 0 Å². The fourth-order valence-corrected chi connectivity index (χ4v) is 5.61. The number of H-pyrrole nitrogens is 1. The normalized spacial score (nSPS) is 20.2. The number of hydrogen-bond acceptors (Lipinski definition) is 4. The molecule has 2 aromatic carbocycles. The van der Waals surface area contributed by atoms with Crippen molar-refractivity contribution in [2.45, 2.75) is 64.6 Å². The summed E-state index contributed by atoms with van der Waals surface area (Å²) in [5, 5.41) is 15.0. The number of rotatable bonds is 6. The van der Waals surface area contributed by atoms with Crippen molar-refractivity contribution in [3.63, 3.8) is 0 Å². The molecule has 0 bridgehead atoms. The zero-order valence-corrected chi connectivity index (χ0v) is 20.6. The van der Waals surface area contributed by atoms with Gasteiger partial charge in [-0.1, -0.05) is 18.2 Å². The average molecular weight is 469 g/mol. The van der Waals surface area contributed by atoms with Crippen molar-refractivity contribution in [3.05, 3.63) is 71.1 Å². The highest BCUT2D eigenvalue weighted by Gasteiger charge is 2.36. The minimum atomic E-state index is -0.0792. The van der Waals surface area contributed by atoms with E-state index in [9.17, 15) is 10.1 Å². The summed E-state index contributed by atoms with van der Waals surface area (Å²) in [5.41, 5.74) is 4.08. The van der Waals surface area contributed by atoms with E-state index < -0.39 is 0 Å². The number of nitrogens with one attached hydrogen (secondary N) is 2. The molecule has 0 radical (unpaired) electrons. The number of furan rings is 1. The zero-order valence-electron chi connectivity index (χ0n) is 20.6. The highest BCUT2D eigenvalue weighted by molar-refractivity contribution is 5.98. The van der Waals surface area contributed by atoms with E-state index in [0.717, 1.165) is 47.9 Å². The monoisotopic (exact) mass is 468 g/mol. The molecule has 2 aromatic heterocycles. The summed E-state index contributed by atoms with van der Waals surface area (Å²) in [6.45, 7) is 7.76. The van der Waals surface area contributed by atoms with Crippen molar-refractivity contribution < 1.29 is 9.21 Å². The van der Waals surface area contributed by atoms with Crippen LogP contribution in [0.1, 0.15) is 66.9 Å². The van der Waals surface area contributed by atoms with Gasteiger partial charge in [-0.3, -0.25) is 4.79 Å². The molecule has 1 unspecified atom stereocenters. The van der Waals surface area contributed by atoms with Crippen LogP contribution in [0.5, 0.6) is 0 Å². The van der Waals surface area contributed by atoms with Gasteiger partial charge in [-0.15, -0.1) is 0 Å². The second-order valence-corrected chi connectivity index (χ2v) is 10.00. The summed E-state index contributed by atoms with van der Waals surface area (Å²) in [5.74, 6) is 0.998. The smallest absolute Gasteiger partial charge is 0.270 e. The molecule has 2 N–H and O–H groups in total. The van der Waals surface area contributed by atoms with Gasteiger partial charge in [0.15, 0.2) is 0 Å². The molecule has 4 aromatic rings. The number of nitriles is 1.